The summed E-state index contributed by atoms with van der Waals surface area (Å²) in [6.07, 6.45) is 10.8. The number of benzene rings is 2. The molecule has 2 fully saturated rings. The molecule has 41 heavy (non-hydrogen) atoms. The van der Waals surface area contributed by atoms with Gasteiger partial charge in [0.2, 0.25) is 0 Å². The van der Waals surface area contributed by atoms with Crippen molar-refractivity contribution in [1.29, 1.82) is 0 Å². The van der Waals surface area contributed by atoms with E-state index in [-0.39, 0.29) is 16.9 Å². The number of anilines is 1. The number of ether oxygens (including phenoxy) is 1. The summed E-state index contributed by atoms with van der Waals surface area (Å²) in [5, 5.41) is 0. The smallest absolute Gasteiger partial charge is 0.295 e. The fourth-order valence-electron chi connectivity index (χ4n) is 8.39. The average molecular weight is 571 g/mol. The van der Waals surface area contributed by atoms with E-state index in [2.05, 4.69) is 21.9 Å². The Kier molecular flexibility index (Phi) is 5.86. The van der Waals surface area contributed by atoms with Gasteiger partial charge in [0.15, 0.2) is 0 Å². The van der Waals surface area contributed by atoms with Crippen molar-refractivity contribution < 1.29 is 17.7 Å². The second-order valence-corrected chi connectivity index (χ2v) is 14.3. The second kappa shape index (κ2) is 9.32. The van der Waals surface area contributed by atoms with Gasteiger partial charge < -0.3 is 9.64 Å². The summed E-state index contributed by atoms with van der Waals surface area (Å²) in [6.45, 7) is 8.46. The van der Waals surface area contributed by atoms with Gasteiger partial charge in [-0.2, -0.15) is 8.42 Å². The fourth-order valence-corrected chi connectivity index (χ4v) is 9.12. The maximum absolute atomic E-state index is 13.0. The van der Waals surface area contributed by atoms with Gasteiger partial charge in [-0.15, -0.1) is 0 Å². The molecular formula is C34H38N2O4S. The van der Waals surface area contributed by atoms with E-state index < -0.39 is 10.1 Å². The summed E-state index contributed by atoms with van der Waals surface area (Å²) in [6, 6.07) is 8.19. The number of hydrogen-bond acceptors (Lipinski definition) is 5. The molecule has 1 atom stereocenters. The number of rotatable bonds is 3. The van der Waals surface area contributed by atoms with Gasteiger partial charge >= 0.3 is 0 Å². The molecule has 8 rings (SSSR count). The van der Waals surface area contributed by atoms with Crippen LogP contribution in [-0.2, 0) is 23.0 Å². The van der Waals surface area contributed by atoms with Crippen LogP contribution >= 0.6 is 0 Å². The minimum atomic E-state index is -4.48. The van der Waals surface area contributed by atoms with Crippen molar-refractivity contribution in [3.8, 4) is 5.75 Å². The molecule has 2 saturated heterocycles. The number of allylic oxidation sites excluding steroid dienone is 1. The van der Waals surface area contributed by atoms with E-state index in [4.69, 9.17) is 4.74 Å². The quantitative estimate of drug-likeness (QED) is 0.431. The van der Waals surface area contributed by atoms with Crippen LogP contribution in [-0.4, -0.2) is 50.1 Å². The van der Waals surface area contributed by atoms with Crippen molar-refractivity contribution in [2.45, 2.75) is 82.1 Å². The Hall–Kier alpha value is -2.87. The van der Waals surface area contributed by atoms with Crippen molar-refractivity contribution in [3.63, 3.8) is 0 Å². The van der Waals surface area contributed by atoms with Gasteiger partial charge in [0, 0.05) is 46.6 Å². The lowest BCUT2D eigenvalue weighted by molar-refractivity contribution is 0.178. The number of aryl methyl sites for hydroxylation is 1. The van der Waals surface area contributed by atoms with E-state index in [0.717, 1.165) is 111 Å². The van der Waals surface area contributed by atoms with Crippen LogP contribution in [0.3, 0.4) is 0 Å². The van der Waals surface area contributed by atoms with E-state index in [1.807, 2.05) is 26.0 Å². The summed E-state index contributed by atoms with van der Waals surface area (Å²) in [5.41, 5.74) is 11.0. The van der Waals surface area contributed by atoms with Crippen molar-refractivity contribution in [1.82, 2.24) is 4.90 Å². The Morgan fingerprint density at radius 1 is 0.927 bits per heavy atom. The van der Waals surface area contributed by atoms with Crippen molar-refractivity contribution in [2.24, 2.45) is 0 Å². The zero-order valence-electron chi connectivity index (χ0n) is 24.0. The van der Waals surface area contributed by atoms with E-state index >= 15 is 0 Å². The lowest BCUT2D eigenvalue weighted by Crippen LogP contribution is -2.47. The van der Waals surface area contributed by atoms with Crippen molar-refractivity contribution >= 4 is 21.4 Å². The first-order valence-electron chi connectivity index (χ1n) is 15.5. The Bertz CT molecular complexity index is 1690. The highest BCUT2D eigenvalue weighted by molar-refractivity contribution is 7.86. The minimum Gasteiger partial charge on any atom is -0.456 e. The molecule has 7 heteroatoms. The van der Waals surface area contributed by atoms with E-state index in [9.17, 15) is 13.0 Å². The Morgan fingerprint density at radius 2 is 1.68 bits per heavy atom. The van der Waals surface area contributed by atoms with Crippen LogP contribution in [0.15, 0.2) is 57.7 Å². The molecule has 6 nitrogen and oxygen atoms in total. The summed E-state index contributed by atoms with van der Waals surface area (Å²) < 4.78 is 43.7. The first kappa shape index (κ1) is 25.8. The zero-order chi connectivity index (χ0) is 28.0. The summed E-state index contributed by atoms with van der Waals surface area (Å²) in [5.74, 6) is 1.96. The summed E-state index contributed by atoms with van der Waals surface area (Å²) in [7, 11) is -4.48. The number of fused-ring (bicyclic) bond motifs is 3. The summed E-state index contributed by atoms with van der Waals surface area (Å²) in [4.78, 5) is 5.13. The molecule has 0 spiro atoms. The molecule has 1 N–H and O–H groups in total. The highest BCUT2D eigenvalue weighted by Gasteiger charge is 2.42. The maximum Gasteiger partial charge on any atom is 0.295 e. The molecule has 0 amide bonds. The highest BCUT2D eigenvalue weighted by Crippen LogP contribution is 2.54. The van der Waals surface area contributed by atoms with Crippen LogP contribution in [0.5, 0.6) is 5.75 Å². The Balaban J connectivity index is 1.47. The fraction of sp³-hybridized carbons (Fsp3) is 0.471. The SMILES string of the molecule is CC(C)c1ccc(C2=C3C=C4CCCN5CCCC(=C3Oc3c2cc2c6c3CCCN6CCC2)C45)c(S(=O)(=O)O)c1. The first-order valence-corrected chi connectivity index (χ1v) is 16.9. The Morgan fingerprint density at radius 3 is 2.46 bits per heavy atom. The normalized spacial score (nSPS) is 23.5. The molecule has 5 heterocycles. The monoisotopic (exact) mass is 570 g/mol. The molecule has 0 radical (unpaired) electrons. The molecule has 2 aromatic carbocycles. The summed E-state index contributed by atoms with van der Waals surface area (Å²) >= 11 is 0. The van der Waals surface area contributed by atoms with Crippen LogP contribution in [0.2, 0.25) is 0 Å². The predicted octanol–water partition coefficient (Wildman–Crippen LogP) is 6.40. The van der Waals surface area contributed by atoms with Gasteiger partial charge in [-0.25, -0.2) is 0 Å². The zero-order valence-corrected chi connectivity index (χ0v) is 24.8. The molecule has 6 aliphatic rings. The second-order valence-electron chi connectivity index (χ2n) is 12.9. The predicted molar refractivity (Wildman–Crippen MR) is 161 cm³/mol. The molecule has 0 bridgehead atoms. The highest BCUT2D eigenvalue weighted by atomic mass is 32.2. The third kappa shape index (κ3) is 3.92. The van der Waals surface area contributed by atoms with Gasteiger partial charge in [-0.05, 0) is 111 Å². The topological polar surface area (TPSA) is 70.1 Å². The molecule has 0 saturated carbocycles. The maximum atomic E-state index is 13.0. The van der Waals surface area contributed by atoms with E-state index in [0.29, 0.717) is 5.56 Å². The van der Waals surface area contributed by atoms with Gasteiger partial charge in [-0.3, -0.25) is 9.45 Å². The van der Waals surface area contributed by atoms with Crippen LogP contribution in [0.25, 0.3) is 5.57 Å². The van der Waals surface area contributed by atoms with Crippen LogP contribution in [0.4, 0.5) is 5.69 Å². The van der Waals surface area contributed by atoms with Gasteiger partial charge in [0.1, 0.15) is 16.4 Å². The molecule has 0 aromatic heterocycles. The molecule has 1 aliphatic carbocycles. The van der Waals surface area contributed by atoms with Gasteiger partial charge in [0.25, 0.3) is 10.1 Å². The van der Waals surface area contributed by atoms with Crippen molar-refractivity contribution in [2.75, 3.05) is 31.1 Å². The number of nitrogens with zero attached hydrogens (tertiary/aromatic N) is 2. The van der Waals surface area contributed by atoms with Gasteiger partial charge in [0.05, 0.1) is 6.04 Å². The third-order valence-corrected chi connectivity index (χ3v) is 11.0. The Labute approximate surface area is 243 Å². The number of piperidine rings is 2. The molecule has 5 aliphatic heterocycles. The minimum absolute atomic E-state index is 0.00849. The van der Waals surface area contributed by atoms with Crippen LogP contribution in [0.1, 0.15) is 86.1 Å². The van der Waals surface area contributed by atoms with Crippen LogP contribution < -0.4 is 9.64 Å². The lowest BCUT2D eigenvalue weighted by Gasteiger charge is -2.47. The average Bonchev–Trinajstić information content (AvgIpc) is 2.96. The standard InChI is InChI=1S/C34H38N2O4S/c1-20(2)21-11-12-24(29(19-21)41(37,38)39)30-27-17-22-7-3-13-35-15-5-9-25(31(22)35)33(27)40-34-26-10-6-16-36-14-4-8-23(32(26)36)18-28(30)34/h11-12,17-20,31H,3-10,13-16H2,1-2H3,(H,37,38,39). The third-order valence-electron chi connectivity index (χ3n) is 10.1. The van der Waals surface area contributed by atoms with Gasteiger partial charge in [-0.1, -0.05) is 26.0 Å². The first-order chi connectivity index (χ1) is 19.8. The lowest BCUT2D eigenvalue weighted by atomic mass is 9.75. The molecular weight excluding hydrogens is 532 g/mol. The van der Waals surface area contributed by atoms with Crippen molar-refractivity contribution in [3.05, 3.63) is 80.6 Å². The number of hydrogen-bond donors (Lipinski definition) is 1. The molecule has 1 unspecified atom stereocenters. The van der Waals surface area contributed by atoms with E-state index in [1.165, 1.54) is 28.0 Å². The molecule has 214 valence electrons. The van der Waals surface area contributed by atoms with Crippen LogP contribution in [0, 0.1) is 0 Å². The van der Waals surface area contributed by atoms with E-state index in [1.54, 1.807) is 6.07 Å². The largest absolute Gasteiger partial charge is 0.456 e. The molecule has 2 aromatic rings.